The van der Waals surface area contributed by atoms with Crippen molar-refractivity contribution in [2.75, 3.05) is 7.11 Å². The van der Waals surface area contributed by atoms with Gasteiger partial charge in [0, 0.05) is 23.6 Å². The van der Waals surface area contributed by atoms with Crippen molar-refractivity contribution in [3.63, 3.8) is 0 Å². The molecule has 0 radical (unpaired) electrons. The van der Waals surface area contributed by atoms with Gasteiger partial charge < -0.3 is 9.30 Å². The van der Waals surface area contributed by atoms with E-state index in [4.69, 9.17) is 27.9 Å². The van der Waals surface area contributed by atoms with Crippen molar-refractivity contribution in [3.8, 4) is 16.9 Å². The summed E-state index contributed by atoms with van der Waals surface area (Å²) in [4.78, 5) is 0. The first-order valence-electron chi connectivity index (χ1n) is 8.32. The Balaban J connectivity index is 1.73. The SMILES string of the molecule is COc1ccc(-c2cccc3c2ccn3Cc2ccc(Cl)c(Cl)c2)cc1. The summed E-state index contributed by atoms with van der Waals surface area (Å²) in [5.41, 5.74) is 4.68. The normalized spacial score (nSPS) is 11.0. The second-order valence-electron chi connectivity index (χ2n) is 6.16. The van der Waals surface area contributed by atoms with E-state index in [0.717, 1.165) is 17.9 Å². The Hall–Kier alpha value is -2.42. The minimum Gasteiger partial charge on any atom is -0.497 e. The van der Waals surface area contributed by atoms with Gasteiger partial charge in [0.15, 0.2) is 0 Å². The molecule has 26 heavy (non-hydrogen) atoms. The highest BCUT2D eigenvalue weighted by Gasteiger charge is 2.09. The summed E-state index contributed by atoms with van der Waals surface area (Å²) in [5.74, 6) is 0.859. The van der Waals surface area contributed by atoms with Crippen molar-refractivity contribution in [2.45, 2.75) is 6.54 Å². The molecule has 0 aliphatic carbocycles. The third-order valence-corrected chi connectivity index (χ3v) is 5.29. The third-order valence-electron chi connectivity index (χ3n) is 4.55. The Morgan fingerprint density at radius 3 is 2.42 bits per heavy atom. The highest BCUT2D eigenvalue weighted by atomic mass is 35.5. The van der Waals surface area contributed by atoms with Gasteiger partial charge in [-0.15, -0.1) is 0 Å². The average molecular weight is 382 g/mol. The van der Waals surface area contributed by atoms with Crippen molar-refractivity contribution in [1.29, 1.82) is 0 Å². The molecule has 4 aromatic rings. The number of methoxy groups -OCH3 is 1. The minimum absolute atomic E-state index is 0.578. The summed E-state index contributed by atoms with van der Waals surface area (Å²) >= 11 is 12.2. The predicted molar refractivity (Wildman–Crippen MR) is 109 cm³/mol. The smallest absolute Gasteiger partial charge is 0.118 e. The number of benzene rings is 3. The quantitative estimate of drug-likeness (QED) is 0.384. The highest BCUT2D eigenvalue weighted by Crippen LogP contribution is 2.31. The number of halogens is 2. The number of ether oxygens (including phenoxy) is 1. The van der Waals surface area contributed by atoms with Crippen LogP contribution in [0.2, 0.25) is 10.0 Å². The molecule has 0 spiro atoms. The lowest BCUT2D eigenvalue weighted by molar-refractivity contribution is 0.415. The molecule has 0 N–H and O–H groups in total. The van der Waals surface area contributed by atoms with Gasteiger partial charge in [-0.2, -0.15) is 0 Å². The molecular weight excluding hydrogens is 365 g/mol. The third kappa shape index (κ3) is 3.18. The van der Waals surface area contributed by atoms with Crippen LogP contribution in [0.5, 0.6) is 5.75 Å². The Kier molecular flexibility index (Phi) is 4.62. The van der Waals surface area contributed by atoms with Gasteiger partial charge in [0.25, 0.3) is 0 Å². The molecule has 0 fully saturated rings. The lowest BCUT2D eigenvalue weighted by Gasteiger charge is -2.09. The molecule has 0 saturated heterocycles. The lowest BCUT2D eigenvalue weighted by Crippen LogP contribution is -1.97. The van der Waals surface area contributed by atoms with Gasteiger partial charge in [0.2, 0.25) is 0 Å². The van der Waals surface area contributed by atoms with E-state index in [9.17, 15) is 0 Å². The molecule has 1 heterocycles. The molecule has 0 saturated carbocycles. The van der Waals surface area contributed by atoms with E-state index in [1.807, 2.05) is 30.3 Å². The van der Waals surface area contributed by atoms with E-state index >= 15 is 0 Å². The number of rotatable bonds is 4. The van der Waals surface area contributed by atoms with E-state index in [1.165, 1.54) is 22.0 Å². The summed E-state index contributed by atoms with van der Waals surface area (Å²) < 4.78 is 7.48. The predicted octanol–water partition coefficient (Wildman–Crippen LogP) is 6.67. The zero-order valence-corrected chi connectivity index (χ0v) is 15.8. The van der Waals surface area contributed by atoms with E-state index in [-0.39, 0.29) is 0 Å². The zero-order valence-electron chi connectivity index (χ0n) is 14.2. The minimum atomic E-state index is 0.578. The maximum Gasteiger partial charge on any atom is 0.118 e. The highest BCUT2D eigenvalue weighted by molar-refractivity contribution is 6.42. The number of fused-ring (bicyclic) bond motifs is 1. The van der Waals surface area contributed by atoms with Gasteiger partial charge in [-0.3, -0.25) is 0 Å². The first-order valence-corrected chi connectivity index (χ1v) is 9.07. The molecule has 130 valence electrons. The summed E-state index contributed by atoms with van der Waals surface area (Å²) in [6, 6.07) is 22.5. The van der Waals surface area contributed by atoms with E-state index in [2.05, 4.69) is 47.2 Å². The van der Waals surface area contributed by atoms with E-state index < -0.39 is 0 Å². The van der Waals surface area contributed by atoms with Gasteiger partial charge in [0.1, 0.15) is 5.75 Å². The molecular formula is C22H17Cl2NO. The fourth-order valence-corrected chi connectivity index (χ4v) is 3.54. The van der Waals surface area contributed by atoms with Crippen molar-refractivity contribution >= 4 is 34.1 Å². The molecule has 0 aliphatic rings. The summed E-state index contributed by atoms with van der Waals surface area (Å²) in [6.45, 7) is 0.743. The van der Waals surface area contributed by atoms with E-state index in [0.29, 0.717) is 10.0 Å². The van der Waals surface area contributed by atoms with Crippen LogP contribution in [0.4, 0.5) is 0 Å². The molecule has 0 unspecified atom stereocenters. The molecule has 4 rings (SSSR count). The average Bonchev–Trinajstić information content (AvgIpc) is 3.08. The van der Waals surface area contributed by atoms with Crippen LogP contribution in [0.25, 0.3) is 22.0 Å². The molecule has 1 aromatic heterocycles. The summed E-state index contributed by atoms with van der Waals surface area (Å²) in [5, 5.41) is 2.38. The monoisotopic (exact) mass is 381 g/mol. The molecule has 2 nitrogen and oxygen atoms in total. The zero-order chi connectivity index (χ0) is 18.1. The van der Waals surface area contributed by atoms with Gasteiger partial charge >= 0.3 is 0 Å². The molecule has 0 amide bonds. The van der Waals surface area contributed by atoms with Crippen LogP contribution >= 0.6 is 23.2 Å². The van der Waals surface area contributed by atoms with Crippen LogP contribution in [0.1, 0.15) is 5.56 Å². The second kappa shape index (κ2) is 7.06. The maximum absolute atomic E-state index is 6.15. The maximum atomic E-state index is 6.15. The number of hydrogen-bond acceptors (Lipinski definition) is 1. The molecule has 0 aliphatic heterocycles. The van der Waals surface area contributed by atoms with Gasteiger partial charge in [-0.05, 0) is 53.1 Å². The van der Waals surface area contributed by atoms with Gasteiger partial charge in [-0.1, -0.05) is 53.5 Å². The van der Waals surface area contributed by atoms with E-state index in [1.54, 1.807) is 7.11 Å². The van der Waals surface area contributed by atoms with Crippen molar-refractivity contribution in [2.24, 2.45) is 0 Å². The molecule has 4 heteroatoms. The van der Waals surface area contributed by atoms with Crippen LogP contribution in [-0.2, 0) is 6.54 Å². The Bertz CT molecular complexity index is 1070. The number of nitrogens with zero attached hydrogens (tertiary/aromatic N) is 1. The standard InChI is InChI=1S/C22H17Cl2NO/c1-26-17-8-6-16(7-9-17)18-3-2-4-22-19(18)11-12-25(22)14-15-5-10-20(23)21(24)13-15/h2-13H,14H2,1H3. The fraction of sp³-hybridized carbons (Fsp3) is 0.0909. The first-order chi connectivity index (χ1) is 12.7. The molecule has 3 aromatic carbocycles. The molecule has 0 bridgehead atoms. The lowest BCUT2D eigenvalue weighted by atomic mass is 10.0. The Morgan fingerprint density at radius 1 is 0.885 bits per heavy atom. The van der Waals surface area contributed by atoms with Gasteiger partial charge in [0.05, 0.1) is 17.2 Å². The Labute approximate surface area is 162 Å². The van der Waals surface area contributed by atoms with Crippen molar-refractivity contribution < 1.29 is 4.74 Å². The van der Waals surface area contributed by atoms with Crippen LogP contribution in [0.3, 0.4) is 0 Å². The van der Waals surface area contributed by atoms with Gasteiger partial charge in [-0.25, -0.2) is 0 Å². The van der Waals surface area contributed by atoms with Crippen molar-refractivity contribution in [3.05, 3.63) is 88.5 Å². The van der Waals surface area contributed by atoms with Crippen LogP contribution < -0.4 is 4.74 Å². The topological polar surface area (TPSA) is 14.2 Å². The number of aromatic nitrogens is 1. The largest absolute Gasteiger partial charge is 0.497 e. The fourth-order valence-electron chi connectivity index (χ4n) is 3.22. The summed E-state index contributed by atoms with van der Waals surface area (Å²) in [7, 11) is 1.68. The first kappa shape index (κ1) is 17.0. The van der Waals surface area contributed by atoms with Crippen LogP contribution in [-0.4, -0.2) is 11.7 Å². The Morgan fingerprint density at radius 2 is 1.69 bits per heavy atom. The van der Waals surface area contributed by atoms with Crippen LogP contribution in [0, 0.1) is 0 Å². The molecule has 0 atom stereocenters. The second-order valence-corrected chi connectivity index (χ2v) is 6.97. The summed E-state index contributed by atoms with van der Waals surface area (Å²) in [6.07, 6.45) is 2.11. The number of hydrogen-bond donors (Lipinski definition) is 0. The van der Waals surface area contributed by atoms with Crippen molar-refractivity contribution in [1.82, 2.24) is 4.57 Å². The van der Waals surface area contributed by atoms with Crippen LogP contribution in [0.15, 0.2) is 72.9 Å².